The van der Waals surface area contributed by atoms with Gasteiger partial charge in [-0.05, 0) is 36.8 Å². The second-order valence-corrected chi connectivity index (χ2v) is 6.64. The number of nitriles is 1. The number of para-hydroxylation sites is 1. The zero-order valence-electron chi connectivity index (χ0n) is 15.4. The molecular formula is C21H29N3O. The molecule has 1 aromatic carbocycles. The van der Waals surface area contributed by atoms with Gasteiger partial charge in [0.05, 0.1) is 0 Å². The number of rotatable bonds is 6. The van der Waals surface area contributed by atoms with Gasteiger partial charge >= 0.3 is 0 Å². The largest absolute Gasteiger partial charge is 0.387 e. The van der Waals surface area contributed by atoms with Gasteiger partial charge in [0.2, 0.25) is 0 Å². The van der Waals surface area contributed by atoms with Crippen LogP contribution in [0, 0.1) is 11.3 Å². The molecule has 1 saturated carbocycles. The molecule has 0 radical (unpaired) electrons. The zero-order valence-corrected chi connectivity index (χ0v) is 15.4. The smallest absolute Gasteiger partial charge is 0.267 e. The van der Waals surface area contributed by atoms with Crippen LogP contribution in [0.5, 0.6) is 0 Å². The lowest BCUT2D eigenvalue weighted by Gasteiger charge is -2.16. The molecule has 2 N–H and O–H groups in total. The third kappa shape index (κ3) is 5.35. The molecule has 0 bridgehead atoms. The van der Waals surface area contributed by atoms with Crippen LogP contribution in [0.1, 0.15) is 63.5 Å². The van der Waals surface area contributed by atoms with Gasteiger partial charge in [0.15, 0.2) is 0 Å². The Labute approximate surface area is 151 Å². The lowest BCUT2D eigenvalue weighted by atomic mass is 10.0. The van der Waals surface area contributed by atoms with Gasteiger partial charge in [0.1, 0.15) is 11.6 Å². The average molecular weight is 339 g/mol. The fraction of sp³-hybridized carbons (Fsp3) is 0.524. The van der Waals surface area contributed by atoms with Crippen molar-refractivity contribution in [2.75, 3.05) is 5.32 Å². The van der Waals surface area contributed by atoms with Crippen molar-refractivity contribution in [3.8, 4) is 6.07 Å². The van der Waals surface area contributed by atoms with Gasteiger partial charge in [-0.1, -0.05) is 57.7 Å². The molecule has 1 aliphatic rings. The van der Waals surface area contributed by atoms with E-state index < -0.39 is 0 Å². The average Bonchev–Trinajstić information content (AvgIpc) is 2.91. The molecule has 0 spiro atoms. The van der Waals surface area contributed by atoms with Gasteiger partial charge in [-0.25, -0.2) is 0 Å². The number of aryl methyl sites for hydroxylation is 2. The second-order valence-electron chi connectivity index (χ2n) is 6.64. The monoisotopic (exact) mass is 339 g/mol. The minimum Gasteiger partial charge on any atom is -0.387 e. The van der Waals surface area contributed by atoms with Crippen LogP contribution in [0.25, 0.3) is 0 Å². The molecule has 25 heavy (non-hydrogen) atoms. The van der Waals surface area contributed by atoms with E-state index in [0.717, 1.165) is 42.5 Å². The van der Waals surface area contributed by atoms with Crippen LogP contribution in [-0.2, 0) is 17.6 Å². The molecule has 134 valence electrons. The molecule has 1 aromatic rings. The summed E-state index contributed by atoms with van der Waals surface area (Å²) in [6.45, 7) is 4.14. The van der Waals surface area contributed by atoms with E-state index in [1.54, 1.807) is 6.20 Å². The van der Waals surface area contributed by atoms with E-state index in [2.05, 4.69) is 24.5 Å². The summed E-state index contributed by atoms with van der Waals surface area (Å²) in [7, 11) is 0. The number of carbonyl (C=O) groups excluding carboxylic acids is 1. The molecule has 0 saturated heterocycles. The number of anilines is 1. The molecule has 1 fully saturated rings. The Morgan fingerprint density at radius 1 is 1.16 bits per heavy atom. The molecule has 0 atom stereocenters. The maximum absolute atomic E-state index is 12.6. The Balaban J connectivity index is 2.10. The van der Waals surface area contributed by atoms with Crippen molar-refractivity contribution in [3.05, 3.63) is 41.1 Å². The number of nitrogens with one attached hydrogen (secondary N) is 2. The molecular weight excluding hydrogens is 310 g/mol. The molecule has 4 nitrogen and oxygen atoms in total. The maximum Gasteiger partial charge on any atom is 0.267 e. The van der Waals surface area contributed by atoms with Gasteiger partial charge in [-0.15, -0.1) is 0 Å². The highest BCUT2D eigenvalue weighted by Crippen LogP contribution is 2.23. The Kier molecular flexibility index (Phi) is 7.53. The summed E-state index contributed by atoms with van der Waals surface area (Å²) >= 11 is 0. The summed E-state index contributed by atoms with van der Waals surface area (Å²) in [6, 6.07) is 8.47. The molecule has 0 heterocycles. The van der Waals surface area contributed by atoms with Crippen molar-refractivity contribution in [3.63, 3.8) is 0 Å². The lowest BCUT2D eigenvalue weighted by molar-refractivity contribution is -0.112. The van der Waals surface area contributed by atoms with Crippen molar-refractivity contribution < 1.29 is 4.79 Å². The third-order valence-corrected chi connectivity index (χ3v) is 4.92. The number of hydrogen-bond acceptors (Lipinski definition) is 3. The highest BCUT2D eigenvalue weighted by atomic mass is 16.1. The first-order chi connectivity index (χ1) is 12.2. The van der Waals surface area contributed by atoms with Crippen molar-refractivity contribution in [1.82, 2.24) is 5.32 Å². The zero-order chi connectivity index (χ0) is 18.1. The van der Waals surface area contributed by atoms with Crippen molar-refractivity contribution in [1.29, 1.82) is 5.26 Å². The van der Waals surface area contributed by atoms with Crippen LogP contribution >= 0.6 is 0 Å². The number of benzene rings is 1. The van der Waals surface area contributed by atoms with Crippen molar-refractivity contribution >= 4 is 11.6 Å². The summed E-state index contributed by atoms with van der Waals surface area (Å²) in [4.78, 5) is 12.6. The fourth-order valence-corrected chi connectivity index (χ4v) is 3.38. The standard InChI is InChI=1S/C21H29N3O/c1-3-16-10-9-11-17(4-2)20(16)24-21(25)18(14-22)15-23-19-12-7-5-6-8-13-19/h9-11,15,19,23H,3-8,12-13H2,1-2H3,(H,24,25)/b18-15-. The Morgan fingerprint density at radius 2 is 1.76 bits per heavy atom. The first-order valence-corrected chi connectivity index (χ1v) is 9.48. The van der Waals surface area contributed by atoms with Gasteiger partial charge in [0, 0.05) is 17.9 Å². The van der Waals surface area contributed by atoms with Gasteiger partial charge in [-0.2, -0.15) is 5.26 Å². The quantitative estimate of drug-likeness (QED) is 0.456. The second kappa shape index (κ2) is 9.88. The Morgan fingerprint density at radius 3 is 2.28 bits per heavy atom. The topological polar surface area (TPSA) is 64.9 Å². The fourth-order valence-electron chi connectivity index (χ4n) is 3.38. The van der Waals surface area contributed by atoms with Crippen molar-refractivity contribution in [2.24, 2.45) is 0 Å². The van der Waals surface area contributed by atoms with E-state index in [1.165, 1.54) is 25.7 Å². The molecule has 0 aromatic heterocycles. The van der Waals surface area contributed by atoms with E-state index in [1.807, 2.05) is 24.3 Å². The summed E-state index contributed by atoms with van der Waals surface area (Å²) < 4.78 is 0. The molecule has 1 aliphatic carbocycles. The SMILES string of the molecule is CCc1cccc(CC)c1NC(=O)/C(C#N)=C\NC1CCCCCC1. The predicted octanol–water partition coefficient (Wildman–Crippen LogP) is 4.47. The molecule has 0 aliphatic heterocycles. The van der Waals surface area contributed by atoms with Crippen LogP contribution in [-0.4, -0.2) is 11.9 Å². The minimum absolute atomic E-state index is 0.136. The molecule has 4 heteroatoms. The van der Waals surface area contributed by atoms with Crippen LogP contribution < -0.4 is 10.6 Å². The van der Waals surface area contributed by atoms with E-state index in [-0.39, 0.29) is 11.5 Å². The molecule has 1 amide bonds. The molecule has 2 rings (SSSR count). The van der Waals surface area contributed by atoms with Gasteiger partial charge in [-0.3, -0.25) is 4.79 Å². The van der Waals surface area contributed by atoms with E-state index in [0.29, 0.717) is 6.04 Å². The Bertz CT molecular complexity index is 627. The number of hydrogen-bond donors (Lipinski definition) is 2. The van der Waals surface area contributed by atoms with Crippen molar-refractivity contribution in [2.45, 2.75) is 71.3 Å². The third-order valence-electron chi connectivity index (χ3n) is 4.92. The van der Waals surface area contributed by atoms with E-state index >= 15 is 0 Å². The van der Waals surface area contributed by atoms with E-state index in [9.17, 15) is 10.1 Å². The highest BCUT2D eigenvalue weighted by molar-refractivity contribution is 6.07. The minimum atomic E-state index is -0.334. The van der Waals surface area contributed by atoms with Gasteiger partial charge < -0.3 is 10.6 Å². The number of carbonyl (C=O) groups is 1. The summed E-state index contributed by atoms with van der Waals surface area (Å²) in [5.74, 6) is -0.334. The van der Waals surface area contributed by atoms with Crippen LogP contribution in [0.3, 0.4) is 0 Å². The van der Waals surface area contributed by atoms with Crippen LogP contribution in [0.15, 0.2) is 30.0 Å². The highest BCUT2D eigenvalue weighted by Gasteiger charge is 2.15. The van der Waals surface area contributed by atoms with E-state index in [4.69, 9.17) is 0 Å². The maximum atomic E-state index is 12.6. The van der Waals surface area contributed by atoms with Crippen LogP contribution in [0.4, 0.5) is 5.69 Å². The number of amides is 1. The van der Waals surface area contributed by atoms with Crippen LogP contribution in [0.2, 0.25) is 0 Å². The first-order valence-electron chi connectivity index (χ1n) is 9.48. The summed E-state index contributed by atoms with van der Waals surface area (Å²) in [5.41, 5.74) is 3.19. The predicted molar refractivity (Wildman–Crippen MR) is 102 cm³/mol. The Hall–Kier alpha value is -2.28. The number of nitrogens with zero attached hydrogens (tertiary/aromatic N) is 1. The summed E-state index contributed by atoms with van der Waals surface area (Å²) in [6.07, 6.45) is 10.5. The molecule has 0 unspecified atom stereocenters. The van der Waals surface area contributed by atoms with Gasteiger partial charge in [0.25, 0.3) is 5.91 Å². The first kappa shape index (κ1) is 19.1. The normalized spacial score (nSPS) is 16.0. The lowest BCUT2D eigenvalue weighted by Crippen LogP contribution is -2.25. The summed E-state index contributed by atoms with van der Waals surface area (Å²) in [5, 5.41) is 15.6.